The molecule has 1 amide bonds. The monoisotopic (exact) mass is 623 g/mol. The van der Waals surface area contributed by atoms with E-state index in [0.717, 1.165) is 25.0 Å². The van der Waals surface area contributed by atoms with Gasteiger partial charge in [-0.05, 0) is 53.3 Å². The number of carbonyl (C=O) groups excluding carboxylic acids is 1. The van der Waals surface area contributed by atoms with Gasteiger partial charge in [0.25, 0.3) is 5.60 Å². The van der Waals surface area contributed by atoms with Gasteiger partial charge in [-0.1, -0.05) is 77.0 Å². The summed E-state index contributed by atoms with van der Waals surface area (Å²) in [7, 11) is 0. The molecule has 0 spiro atoms. The Morgan fingerprint density at radius 1 is 1.12 bits per heavy atom. The molecule has 6 nitrogen and oxygen atoms in total. The lowest BCUT2D eigenvalue weighted by atomic mass is 9.84. The fraction of sp³-hybridized carbons (Fsp3) is 0.367. The van der Waals surface area contributed by atoms with Crippen LogP contribution >= 0.6 is 23.2 Å². The Morgan fingerprint density at radius 3 is 2.43 bits per heavy atom. The Balaban J connectivity index is 1.50. The standard InChI is InChI=1S/C30H27Cl2F4N3O3/c31-23-13-19(14-24(32)27(23)33)29(30(34,35)36)15-25(39-42-29)22-12-18(10-11-38-41-16-17-6-2-1-3-7-17)26(28(37)40)21-9-5-4-8-20(21)22/h4-5,8-9,11-14,17H,1-3,6-7,10,15-16H2,(H2,37,40). The predicted molar refractivity (Wildman–Crippen MR) is 154 cm³/mol. The summed E-state index contributed by atoms with van der Waals surface area (Å²) >= 11 is 11.7. The number of fused-ring (bicyclic) bond motifs is 1. The first-order valence-electron chi connectivity index (χ1n) is 13.5. The normalized spacial score (nSPS) is 19.7. The number of rotatable bonds is 8. The minimum Gasteiger partial charge on any atom is -0.396 e. The van der Waals surface area contributed by atoms with Crippen LogP contribution in [0.25, 0.3) is 10.8 Å². The number of nitrogens with two attached hydrogens (primary N) is 1. The SMILES string of the molecule is NC(=O)c1c(CC=NOCC2CCCCC2)cc(C2=NOC(c3cc(Cl)c(F)c(Cl)c3)(C(F)(F)F)C2)c2ccccc12. The molecule has 12 heteroatoms. The summed E-state index contributed by atoms with van der Waals surface area (Å²) < 4.78 is 57.9. The molecule has 3 aromatic rings. The molecule has 222 valence electrons. The third-order valence-electron chi connectivity index (χ3n) is 7.81. The van der Waals surface area contributed by atoms with Gasteiger partial charge in [0.05, 0.1) is 21.3 Å². The maximum Gasteiger partial charge on any atom is 0.435 e. The summed E-state index contributed by atoms with van der Waals surface area (Å²) in [5.41, 5.74) is 3.21. The first-order valence-corrected chi connectivity index (χ1v) is 14.2. The third-order valence-corrected chi connectivity index (χ3v) is 8.36. The highest BCUT2D eigenvalue weighted by Crippen LogP contribution is 2.50. The molecule has 0 radical (unpaired) electrons. The second-order valence-electron chi connectivity index (χ2n) is 10.5. The molecule has 1 unspecified atom stereocenters. The Hall–Kier alpha value is -3.37. The van der Waals surface area contributed by atoms with Crippen LogP contribution in [-0.4, -0.2) is 30.6 Å². The largest absolute Gasteiger partial charge is 0.435 e. The van der Waals surface area contributed by atoms with Gasteiger partial charge >= 0.3 is 6.18 Å². The van der Waals surface area contributed by atoms with Crippen molar-refractivity contribution in [3.8, 4) is 0 Å². The smallest absolute Gasteiger partial charge is 0.396 e. The summed E-state index contributed by atoms with van der Waals surface area (Å²) in [6, 6.07) is 9.92. The summed E-state index contributed by atoms with van der Waals surface area (Å²) in [5.74, 6) is -1.29. The molecule has 1 atom stereocenters. The topological polar surface area (TPSA) is 86.3 Å². The molecule has 2 aliphatic rings. The number of benzene rings is 3. The van der Waals surface area contributed by atoms with Gasteiger partial charge in [-0.15, -0.1) is 0 Å². The second-order valence-corrected chi connectivity index (χ2v) is 11.4. The molecule has 5 rings (SSSR count). The summed E-state index contributed by atoms with van der Waals surface area (Å²) in [4.78, 5) is 23.2. The van der Waals surface area contributed by atoms with E-state index in [1.165, 1.54) is 25.5 Å². The number of amides is 1. The van der Waals surface area contributed by atoms with Crippen molar-refractivity contribution in [1.82, 2.24) is 0 Å². The Kier molecular flexibility index (Phi) is 8.66. The Labute approximate surface area is 249 Å². The fourth-order valence-corrected chi connectivity index (χ4v) is 6.14. The van der Waals surface area contributed by atoms with Gasteiger partial charge in [0.15, 0.2) is 5.82 Å². The van der Waals surface area contributed by atoms with Crippen LogP contribution in [0.4, 0.5) is 17.6 Å². The number of carbonyl (C=O) groups is 1. The number of hydrogen-bond donors (Lipinski definition) is 1. The zero-order chi connectivity index (χ0) is 30.1. The molecule has 42 heavy (non-hydrogen) atoms. The van der Waals surface area contributed by atoms with E-state index in [9.17, 15) is 22.4 Å². The van der Waals surface area contributed by atoms with Gasteiger partial charge in [-0.3, -0.25) is 4.79 Å². The van der Waals surface area contributed by atoms with Gasteiger partial charge in [0.1, 0.15) is 6.61 Å². The fourth-order valence-electron chi connectivity index (χ4n) is 5.65. The number of alkyl halides is 3. The maximum absolute atomic E-state index is 14.6. The molecule has 3 aromatic carbocycles. The highest BCUT2D eigenvalue weighted by Gasteiger charge is 2.62. The molecule has 0 saturated heterocycles. The molecule has 0 aromatic heterocycles. The molecule has 0 bridgehead atoms. The maximum atomic E-state index is 14.6. The molecule has 1 fully saturated rings. The van der Waals surface area contributed by atoms with Crippen LogP contribution in [-0.2, 0) is 21.7 Å². The summed E-state index contributed by atoms with van der Waals surface area (Å²) in [6.07, 6.45) is 1.65. The average molecular weight is 624 g/mol. The van der Waals surface area contributed by atoms with Crippen molar-refractivity contribution in [2.24, 2.45) is 22.0 Å². The van der Waals surface area contributed by atoms with E-state index in [-0.39, 0.29) is 17.7 Å². The lowest BCUT2D eigenvalue weighted by molar-refractivity contribution is -0.275. The number of oxime groups is 2. The lowest BCUT2D eigenvalue weighted by Crippen LogP contribution is -2.42. The molecule has 2 N–H and O–H groups in total. The van der Waals surface area contributed by atoms with Crippen molar-refractivity contribution >= 4 is 51.8 Å². The first-order chi connectivity index (χ1) is 20.0. The molecule has 1 saturated carbocycles. The predicted octanol–water partition coefficient (Wildman–Crippen LogP) is 8.09. The average Bonchev–Trinajstić information content (AvgIpc) is 3.42. The second kappa shape index (κ2) is 12.1. The van der Waals surface area contributed by atoms with E-state index in [2.05, 4.69) is 10.3 Å². The van der Waals surface area contributed by atoms with Gasteiger partial charge in [-0.25, -0.2) is 4.39 Å². The van der Waals surface area contributed by atoms with Crippen LogP contribution in [0.1, 0.15) is 65.6 Å². The van der Waals surface area contributed by atoms with E-state index >= 15 is 0 Å². The number of primary amides is 1. The Bertz CT molecular complexity index is 1550. The quantitative estimate of drug-likeness (QED) is 0.119. The van der Waals surface area contributed by atoms with E-state index in [4.69, 9.17) is 38.6 Å². The van der Waals surface area contributed by atoms with Gasteiger partial charge in [0, 0.05) is 30.2 Å². The number of halogens is 6. The van der Waals surface area contributed by atoms with Crippen molar-refractivity contribution in [1.29, 1.82) is 0 Å². The van der Waals surface area contributed by atoms with Gasteiger partial charge in [0.2, 0.25) is 5.91 Å². The van der Waals surface area contributed by atoms with Crippen LogP contribution in [0, 0.1) is 11.7 Å². The van der Waals surface area contributed by atoms with Crippen LogP contribution in [0.2, 0.25) is 10.0 Å². The highest BCUT2D eigenvalue weighted by molar-refractivity contribution is 6.35. The lowest BCUT2D eigenvalue weighted by Gasteiger charge is -2.30. The van der Waals surface area contributed by atoms with E-state index in [0.29, 0.717) is 34.4 Å². The summed E-state index contributed by atoms with van der Waals surface area (Å²) in [5, 5.41) is 7.63. The van der Waals surface area contributed by atoms with Crippen LogP contribution in [0.3, 0.4) is 0 Å². The first kappa shape index (κ1) is 30.1. The third kappa shape index (κ3) is 5.79. The number of nitrogens with zero attached hydrogens (tertiary/aromatic N) is 2. The van der Waals surface area contributed by atoms with Crippen molar-refractivity contribution in [2.45, 2.75) is 56.7 Å². The molecule has 1 aliphatic heterocycles. The van der Waals surface area contributed by atoms with E-state index in [1.807, 2.05) is 0 Å². The number of hydrogen-bond acceptors (Lipinski definition) is 5. The molecule has 1 heterocycles. The highest BCUT2D eigenvalue weighted by atomic mass is 35.5. The van der Waals surface area contributed by atoms with Crippen molar-refractivity contribution in [2.75, 3.05) is 6.61 Å². The van der Waals surface area contributed by atoms with Crippen LogP contribution < -0.4 is 5.73 Å². The van der Waals surface area contributed by atoms with Crippen molar-refractivity contribution in [3.05, 3.63) is 80.6 Å². The van der Waals surface area contributed by atoms with Gasteiger partial charge < -0.3 is 15.4 Å². The van der Waals surface area contributed by atoms with E-state index in [1.54, 1.807) is 30.3 Å². The summed E-state index contributed by atoms with van der Waals surface area (Å²) in [6.45, 7) is 0.493. The zero-order valence-corrected chi connectivity index (χ0v) is 23.8. The minimum atomic E-state index is -4.98. The Morgan fingerprint density at radius 2 is 1.79 bits per heavy atom. The van der Waals surface area contributed by atoms with Gasteiger partial charge in [-0.2, -0.15) is 13.2 Å². The molecular weight excluding hydrogens is 597 g/mol. The van der Waals surface area contributed by atoms with Crippen molar-refractivity contribution in [3.63, 3.8) is 0 Å². The van der Waals surface area contributed by atoms with E-state index < -0.39 is 45.5 Å². The van der Waals surface area contributed by atoms with Crippen molar-refractivity contribution < 1.29 is 32.0 Å². The zero-order valence-electron chi connectivity index (χ0n) is 22.3. The minimum absolute atomic E-state index is 0.0390. The molecule has 1 aliphatic carbocycles. The molecular formula is C30H27Cl2F4N3O3. The van der Waals surface area contributed by atoms with Crippen LogP contribution in [0.15, 0.2) is 52.8 Å². The van der Waals surface area contributed by atoms with Crippen LogP contribution in [0.5, 0.6) is 0 Å².